The normalized spacial score (nSPS) is 10.4. The Kier molecular flexibility index (Phi) is 4.58. The Morgan fingerprint density at radius 2 is 2.11 bits per heavy atom. The van der Waals surface area contributed by atoms with Crippen molar-refractivity contribution in [3.8, 4) is 0 Å². The molecule has 1 N–H and O–H groups in total. The molecule has 0 atom stereocenters. The number of hydrogen-bond donors (Lipinski definition) is 1. The first kappa shape index (κ1) is 12.4. The van der Waals surface area contributed by atoms with Crippen molar-refractivity contribution in [1.82, 2.24) is 19.1 Å². The topological polar surface area (TPSA) is 47.7 Å². The summed E-state index contributed by atoms with van der Waals surface area (Å²) in [5.41, 5.74) is 0. The summed E-state index contributed by atoms with van der Waals surface area (Å²) < 4.78 is 4.24. The molecule has 5 nitrogen and oxygen atoms in total. The Morgan fingerprint density at radius 1 is 1.22 bits per heavy atom. The SMILES string of the molecule is C=CCNc1nccn1CCCCn1ccnc1. The lowest BCUT2D eigenvalue weighted by Crippen LogP contribution is -2.07. The molecule has 2 aromatic rings. The van der Waals surface area contributed by atoms with Crippen LogP contribution in [0.1, 0.15) is 12.8 Å². The van der Waals surface area contributed by atoms with Crippen molar-refractivity contribution >= 4 is 5.95 Å². The van der Waals surface area contributed by atoms with Gasteiger partial charge in [0.2, 0.25) is 5.95 Å². The van der Waals surface area contributed by atoms with E-state index in [0.717, 1.165) is 38.4 Å². The highest BCUT2D eigenvalue weighted by atomic mass is 15.2. The van der Waals surface area contributed by atoms with Crippen molar-refractivity contribution in [3.05, 3.63) is 43.8 Å². The lowest BCUT2D eigenvalue weighted by molar-refractivity contribution is 0.555. The van der Waals surface area contributed by atoms with Gasteiger partial charge in [-0.15, -0.1) is 6.58 Å². The van der Waals surface area contributed by atoms with E-state index in [4.69, 9.17) is 0 Å². The van der Waals surface area contributed by atoms with Crippen LogP contribution >= 0.6 is 0 Å². The fraction of sp³-hybridized carbons (Fsp3) is 0.385. The number of aryl methyl sites for hydroxylation is 2. The first-order chi connectivity index (χ1) is 8.90. The van der Waals surface area contributed by atoms with Crippen LogP contribution in [-0.4, -0.2) is 25.6 Å². The molecular formula is C13H19N5. The van der Waals surface area contributed by atoms with E-state index in [9.17, 15) is 0 Å². The van der Waals surface area contributed by atoms with Crippen LogP contribution < -0.4 is 5.32 Å². The minimum absolute atomic E-state index is 0.742. The molecule has 0 saturated heterocycles. The third-order valence-corrected chi connectivity index (χ3v) is 2.74. The smallest absolute Gasteiger partial charge is 0.203 e. The maximum absolute atomic E-state index is 4.27. The third kappa shape index (κ3) is 3.48. The maximum atomic E-state index is 4.27. The van der Waals surface area contributed by atoms with Crippen LogP contribution in [0.15, 0.2) is 43.8 Å². The molecule has 2 rings (SSSR count). The molecule has 96 valence electrons. The molecule has 0 aliphatic heterocycles. The summed E-state index contributed by atoms with van der Waals surface area (Å²) in [6, 6.07) is 0. The molecule has 0 radical (unpaired) electrons. The molecule has 2 heterocycles. The summed E-state index contributed by atoms with van der Waals surface area (Å²) in [6.45, 7) is 6.43. The highest BCUT2D eigenvalue weighted by Crippen LogP contribution is 2.06. The molecule has 0 unspecified atom stereocenters. The molecule has 5 heteroatoms. The number of hydrogen-bond acceptors (Lipinski definition) is 3. The van der Waals surface area contributed by atoms with Crippen molar-refractivity contribution in [1.29, 1.82) is 0 Å². The van der Waals surface area contributed by atoms with Crippen LogP contribution in [0, 0.1) is 0 Å². The zero-order valence-corrected chi connectivity index (χ0v) is 10.5. The molecule has 0 spiro atoms. The number of aromatic nitrogens is 4. The van der Waals surface area contributed by atoms with Crippen LogP contribution in [0.5, 0.6) is 0 Å². The molecular weight excluding hydrogens is 226 g/mol. The Hall–Kier alpha value is -2.04. The second-order valence-electron chi connectivity index (χ2n) is 4.12. The van der Waals surface area contributed by atoms with Crippen LogP contribution in [0.25, 0.3) is 0 Å². The van der Waals surface area contributed by atoms with Gasteiger partial charge in [0.1, 0.15) is 0 Å². The molecule has 0 amide bonds. The second-order valence-corrected chi connectivity index (χ2v) is 4.12. The predicted octanol–water partition coefficient (Wildman–Crippen LogP) is 2.16. The monoisotopic (exact) mass is 245 g/mol. The van der Waals surface area contributed by atoms with E-state index in [-0.39, 0.29) is 0 Å². The molecule has 0 bridgehead atoms. The molecule has 0 fully saturated rings. The van der Waals surface area contributed by atoms with Gasteiger partial charge >= 0.3 is 0 Å². The van der Waals surface area contributed by atoms with Gasteiger partial charge in [0.25, 0.3) is 0 Å². The number of unbranched alkanes of at least 4 members (excludes halogenated alkanes) is 1. The van der Waals surface area contributed by atoms with Crippen molar-refractivity contribution in [3.63, 3.8) is 0 Å². The maximum Gasteiger partial charge on any atom is 0.203 e. The fourth-order valence-corrected chi connectivity index (χ4v) is 1.82. The number of nitrogens with zero attached hydrogens (tertiary/aromatic N) is 4. The van der Waals surface area contributed by atoms with Gasteiger partial charge in [-0.3, -0.25) is 0 Å². The number of imidazole rings is 2. The van der Waals surface area contributed by atoms with Gasteiger partial charge in [-0.1, -0.05) is 6.08 Å². The van der Waals surface area contributed by atoms with E-state index < -0.39 is 0 Å². The summed E-state index contributed by atoms with van der Waals surface area (Å²) in [6.07, 6.45) is 13.6. The largest absolute Gasteiger partial charge is 0.352 e. The van der Waals surface area contributed by atoms with E-state index in [1.165, 1.54) is 0 Å². The van der Waals surface area contributed by atoms with Gasteiger partial charge in [-0.2, -0.15) is 0 Å². The Morgan fingerprint density at radius 3 is 2.89 bits per heavy atom. The molecule has 0 aliphatic carbocycles. The van der Waals surface area contributed by atoms with Gasteiger partial charge in [0, 0.05) is 44.4 Å². The third-order valence-electron chi connectivity index (χ3n) is 2.74. The average Bonchev–Trinajstić information content (AvgIpc) is 3.03. The van der Waals surface area contributed by atoms with Gasteiger partial charge in [-0.05, 0) is 12.8 Å². The second kappa shape index (κ2) is 6.64. The molecule has 0 saturated carbocycles. The van der Waals surface area contributed by atoms with E-state index in [1.807, 2.05) is 37.2 Å². The minimum atomic E-state index is 0.742. The standard InChI is InChI=1S/C13H19N5/c1-2-5-15-13-16-7-11-18(13)9-4-3-8-17-10-6-14-12-17/h2,6-7,10-12H,1,3-5,8-9H2,(H,15,16). The van der Waals surface area contributed by atoms with Crippen LogP contribution in [-0.2, 0) is 13.1 Å². The van der Waals surface area contributed by atoms with E-state index in [0.29, 0.717) is 0 Å². The Bertz CT molecular complexity index is 457. The van der Waals surface area contributed by atoms with Crippen molar-refractivity contribution in [2.45, 2.75) is 25.9 Å². The highest BCUT2D eigenvalue weighted by molar-refractivity contribution is 5.26. The van der Waals surface area contributed by atoms with Crippen LogP contribution in [0.3, 0.4) is 0 Å². The zero-order valence-electron chi connectivity index (χ0n) is 10.5. The molecule has 0 aliphatic rings. The lowest BCUT2D eigenvalue weighted by Gasteiger charge is -2.08. The number of anilines is 1. The lowest BCUT2D eigenvalue weighted by atomic mass is 10.3. The Balaban J connectivity index is 1.72. The van der Waals surface area contributed by atoms with E-state index >= 15 is 0 Å². The van der Waals surface area contributed by atoms with Gasteiger partial charge in [0.05, 0.1) is 6.33 Å². The summed E-state index contributed by atoms with van der Waals surface area (Å²) in [5.74, 6) is 0.914. The van der Waals surface area contributed by atoms with Crippen molar-refractivity contribution in [2.75, 3.05) is 11.9 Å². The molecule has 18 heavy (non-hydrogen) atoms. The van der Waals surface area contributed by atoms with Crippen molar-refractivity contribution in [2.24, 2.45) is 0 Å². The number of nitrogens with one attached hydrogen (secondary N) is 1. The predicted molar refractivity (Wildman–Crippen MR) is 72.4 cm³/mol. The zero-order chi connectivity index (χ0) is 12.6. The first-order valence-electron chi connectivity index (χ1n) is 6.22. The van der Waals surface area contributed by atoms with Crippen LogP contribution in [0.4, 0.5) is 5.95 Å². The summed E-state index contributed by atoms with van der Waals surface area (Å²) in [7, 11) is 0. The quantitative estimate of drug-likeness (QED) is 0.572. The Labute approximate surface area is 107 Å². The summed E-state index contributed by atoms with van der Waals surface area (Å²) in [4.78, 5) is 8.30. The summed E-state index contributed by atoms with van der Waals surface area (Å²) in [5, 5.41) is 3.22. The van der Waals surface area contributed by atoms with E-state index in [2.05, 4.69) is 31.0 Å². The highest BCUT2D eigenvalue weighted by Gasteiger charge is 2.00. The van der Waals surface area contributed by atoms with Gasteiger partial charge < -0.3 is 14.5 Å². The summed E-state index contributed by atoms with van der Waals surface area (Å²) >= 11 is 0. The first-order valence-corrected chi connectivity index (χ1v) is 6.22. The average molecular weight is 245 g/mol. The molecule has 0 aromatic carbocycles. The van der Waals surface area contributed by atoms with Gasteiger partial charge in [-0.25, -0.2) is 9.97 Å². The fourth-order valence-electron chi connectivity index (χ4n) is 1.82. The van der Waals surface area contributed by atoms with Crippen LogP contribution in [0.2, 0.25) is 0 Å². The minimum Gasteiger partial charge on any atom is -0.352 e. The van der Waals surface area contributed by atoms with Gasteiger partial charge in [0.15, 0.2) is 0 Å². The molecule has 2 aromatic heterocycles. The van der Waals surface area contributed by atoms with E-state index in [1.54, 1.807) is 0 Å². The number of rotatable bonds is 8. The van der Waals surface area contributed by atoms with Crippen molar-refractivity contribution < 1.29 is 0 Å².